The van der Waals surface area contributed by atoms with Gasteiger partial charge in [-0.1, -0.05) is 0 Å². The molecule has 1 aliphatic carbocycles. The van der Waals surface area contributed by atoms with Gasteiger partial charge in [0.2, 0.25) is 5.88 Å². The summed E-state index contributed by atoms with van der Waals surface area (Å²) in [7, 11) is 0. The first-order valence-electron chi connectivity index (χ1n) is 5.63. The number of hydrogen-bond donors (Lipinski definition) is 1. The SMILES string of the molecule is c1nc2c(c(OC3CNC3)n1)CCCC2. The topological polar surface area (TPSA) is 47.0 Å². The second kappa shape index (κ2) is 3.77. The highest BCUT2D eigenvalue weighted by Gasteiger charge is 2.22. The van der Waals surface area contributed by atoms with E-state index in [-0.39, 0.29) is 0 Å². The van der Waals surface area contributed by atoms with E-state index in [4.69, 9.17) is 4.74 Å². The third kappa shape index (κ3) is 1.69. The van der Waals surface area contributed by atoms with Gasteiger partial charge in [-0.3, -0.25) is 0 Å². The van der Waals surface area contributed by atoms with E-state index in [1.165, 1.54) is 24.1 Å². The minimum atomic E-state index is 0.311. The number of nitrogens with one attached hydrogen (secondary N) is 1. The average Bonchev–Trinajstić information content (AvgIpc) is 2.23. The molecule has 0 unspecified atom stereocenters. The Hall–Kier alpha value is -1.16. The van der Waals surface area contributed by atoms with Gasteiger partial charge in [-0.2, -0.15) is 0 Å². The fourth-order valence-electron chi connectivity index (χ4n) is 2.10. The maximum Gasteiger partial charge on any atom is 0.220 e. The summed E-state index contributed by atoms with van der Waals surface area (Å²) in [6.07, 6.45) is 6.58. The molecule has 0 atom stereocenters. The lowest BCUT2D eigenvalue weighted by atomic mass is 9.97. The van der Waals surface area contributed by atoms with Gasteiger partial charge in [0, 0.05) is 18.7 Å². The number of hydrogen-bond acceptors (Lipinski definition) is 4. The quantitative estimate of drug-likeness (QED) is 0.772. The molecule has 1 saturated heterocycles. The van der Waals surface area contributed by atoms with Crippen molar-refractivity contribution < 1.29 is 4.74 Å². The molecule has 0 aromatic carbocycles. The molecular formula is C11H15N3O. The Kier molecular flexibility index (Phi) is 2.29. The smallest absolute Gasteiger partial charge is 0.220 e. The first kappa shape index (κ1) is 9.09. The molecule has 4 nitrogen and oxygen atoms in total. The number of fused-ring (bicyclic) bond motifs is 1. The molecule has 1 aliphatic heterocycles. The number of rotatable bonds is 2. The third-order valence-electron chi connectivity index (χ3n) is 3.11. The van der Waals surface area contributed by atoms with Crippen LogP contribution in [0.5, 0.6) is 5.88 Å². The van der Waals surface area contributed by atoms with Crippen molar-refractivity contribution >= 4 is 0 Å². The molecule has 1 aromatic heterocycles. The molecule has 0 bridgehead atoms. The van der Waals surface area contributed by atoms with Gasteiger partial charge >= 0.3 is 0 Å². The van der Waals surface area contributed by atoms with Gasteiger partial charge in [-0.25, -0.2) is 9.97 Å². The minimum Gasteiger partial charge on any atom is -0.471 e. The predicted octanol–water partition coefficient (Wildman–Crippen LogP) is 0.706. The summed E-state index contributed by atoms with van der Waals surface area (Å²) in [6, 6.07) is 0. The lowest BCUT2D eigenvalue weighted by Gasteiger charge is -2.28. The zero-order chi connectivity index (χ0) is 10.1. The Bertz CT molecular complexity index is 363. The fraction of sp³-hybridized carbons (Fsp3) is 0.636. The molecule has 15 heavy (non-hydrogen) atoms. The van der Waals surface area contributed by atoms with E-state index in [1.54, 1.807) is 6.33 Å². The van der Waals surface area contributed by atoms with Crippen LogP contribution in [0.3, 0.4) is 0 Å². The van der Waals surface area contributed by atoms with E-state index in [0.717, 1.165) is 31.8 Å². The van der Waals surface area contributed by atoms with E-state index in [2.05, 4.69) is 15.3 Å². The van der Waals surface area contributed by atoms with Crippen LogP contribution in [-0.2, 0) is 12.8 Å². The van der Waals surface area contributed by atoms with Gasteiger partial charge in [-0.05, 0) is 25.7 Å². The van der Waals surface area contributed by atoms with Gasteiger partial charge in [-0.15, -0.1) is 0 Å². The molecule has 4 heteroatoms. The Morgan fingerprint density at radius 2 is 2.07 bits per heavy atom. The van der Waals surface area contributed by atoms with E-state index in [9.17, 15) is 0 Å². The van der Waals surface area contributed by atoms with E-state index >= 15 is 0 Å². The van der Waals surface area contributed by atoms with Crippen LogP contribution in [0, 0.1) is 0 Å². The highest BCUT2D eigenvalue weighted by atomic mass is 16.5. The van der Waals surface area contributed by atoms with Crippen molar-refractivity contribution in [2.75, 3.05) is 13.1 Å². The van der Waals surface area contributed by atoms with Crippen molar-refractivity contribution in [3.05, 3.63) is 17.6 Å². The normalized spacial score (nSPS) is 20.5. The van der Waals surface area contributed by atoms with Gasteiger partial charge < -0.3 is 10.1 Å². The molecule has 0 spiro atoms. The maximum atomic E-state index is 5.84. The largest absolute Gasteiger partial charge is 0.471 e. The van der Waals surface area contributed by atoms with Crippen LogP contribution < -0.4 is 10.1 Å². The van der Waals surface area contributed by atoms with Crippen molar-refractivity contribution in [2.45, 2.75) is 31.8 Å². The summed E-state index contributed by atoms with van der Waals surface area (Å²) < 4.78 is 5.84. The third-order valence-corrected chi connectivity index (χ3v) is 3.11. The molecule has 0 saturated carbocycles. The van der Waals surface area contributed by atoms with Crippen LogP contribution in [0.15, 0.2) is 6.33 Å². The molecule has 1 aromatic rings. The first-order valence-corrected chi connectivity index (χ1v) is 5.63. The Morgan fingerprint density at radius 3 is 2.87 bits per heavy atom. The number of nitrogens with zero attached hydrogens (tertiary/aromatic N) is 2. The Labute approximate surface area is 89.1 Å². The van der Waals surface area contributed by atoms with E-state index in [0.29, 0.717) is 6.10 Å². The number of aromatic nitrogens is 2. The van der Waals surface area contributed by atoms with Gasteiger partial charge in [0.1, 0.15) is 12.4 Å². The van der Waals surface area contributed by atoms with E-state index in [1.807, 2.05) is 0 Å². The Balaban J connectivity index is 1.85. The zero-order valence-electron chi connectivity index (χ0n) is 8.70. The molecule has 2 heterocycles. The van der Waals surface area contributed by atoms with Crippen LogP contribution in [0.4, 0.5) is 0 Å². The maximum absolute atomic E-state index is 5.84. The van der Waals surface area contributed by atoms with Crippen LogP contribution in [0.25, 0.3) is 0 Å². The summed E-state index contributed by atoms with van der Waals surface area (Å²) in [5, 5.41) is 3.19. The predicted molar refractivity (Wildman–Crippen MR) is 56.0 cm³/mol. The Morgan fingerprint density at radius 1 is 1.20 bits per heavy atom. The van der Waals surface area contributed by atoms with Crippen molar-refractivity contribution in [1.29, 1.82) is 0 Å². The summed E-state index contributed by atoms with van der Waals surface area (Å²) in [5.41, 5.74) is 2.44. The lowest BCUT2D eigenvalue weighted by Crippen LogP contribution is -2.50. The van der Waals surface area contributed by atoms with Crippen molar-refractivity contribution in [3.8, 4) is 5.88 Å². The van der Waals surface area contributed by atoms with Crippen molar-refractivity contribution in [2.24, 2.45) is 0 Å². The molecule has 0 amide bonds. The van der Waals surface area contributed by atoms with Gasteiger partial charge in [0.15, 0.2) is 0 Å². The second-order valence-electron chi connectivity index (χ2n) is 4.21. The molecule has 3 rings (SSSR count). The minimum absolute atomic E-state index is 0.311. The summed E-state index contributed by atoms with van der Waals surface area (Å²) in [5.74, 6) is 0.825. The van der Waals surface area contributed by atoms with Crippen molar-refractivity contribution in [3.63, 3.8) is 0 Å². The second-order valence-corrected chi connectivity index (χ2v) is 4.21. The van der Waals surface area contributed by atoms with Crippen LogP contribution >= 0.6 is 0 Å². The molecule has 1 fully saturated rings. The van der Waals surface area contributed by atoms with Crippen LogP contribution in [0.2, 0.25) is 0 Å². The highest BCUT2D eigenvalue weighted by molar-refractivity contribution is 5.31. The van der Waals surface area contributed by atoms with Gasteiger partial charge in [0.25, 0.3) is 0 Å². The monoisotopic (exact) mass is 205 g/mol. The van der Waals surface area contributed by atoms with E-state index < -0.39 is 0 Å². The summed E-state index contributed by atoms with van der Waals surface area (Å²) in [6.45, 7) is 1.89. The standard InChI is InChI=1S/C11H15N3O/c1-2-4-10-9(3-1)11(14-7-13-10)15-8-5-12-6-8/h7-8,12H,1-6H2. The zero-order valence-corrected chi connectivity index (χ0v) is 8.70. The van der Waals surface area contributed by atoms with Crippen LogP contribution in [0.1, 0.15) is 24.1 Å². The molecule has 0 radical (unpaired) electrons. The molecular weight excluding hydrogens is 190 g/mol. The van der Waals surface area contributed by atoms with Crippen LogP contribution in [-0.4, -0.2) is 29.2 Å². The summed E-state index contributed by atoms with van der Waals surface area (Å²) >= 11 is 0. The number of aryl methyl sites for hydroxylation is 1. The van der Waals surface area contributed by atoms with Crippen molar-refractivity contribution in [1.82, 2.24) is 15.3 Å². The first-order chi connectivity index (χ1) is 7.43. The lowest BCUT2D eigenvalue weighted by molar-refractivity contribution is 0.134. The van der Waals surface area contributed by atoms with Gasteiger partial charge in [0.05, 0.1) is 5.69 Å². The average molecular weight is 205 g/mol. The molecule has 2 aliphatic rings. The number of ether oxygens (including phenoxy) is 1. The summed E-state index contributed by atoms with van der Waals surface area (Å²) in [4.78, 5) is 8.58. The molecule has 80 valence electrons. The molecule has 1 N–H and O–H groups in total. The highest BCUT2D eigenvalue weighted by Crippen LogP contribution is 2.26. The fourth-order valence-corrected chi connectivity index (χ4v) is 2.10.